The van der Waals surface area contributed by atoms with E-state index in [2.05, 4.69) is 16.0 Å². The van der Waals surface area contributed by atoms with Crippen LogP contribution < -0.4 is 4.74 Å². The first-order valence-corrected chi connectivity index (χ1v) is 7.42. The summed E-state index contributed by atoms with van der Waals surface area (Å²) in [5.74, 6) is 1.39. The minimum atomic E-state index is 0.479. The van der Waals surface area contributed by atoms with E-state index in [0.717, 1.165) is 32.7 Å². The van der Waals surface area contributed by atoms with E-state index >= 15 is 0 Å². The van der Waals surface area contributed by atoms with E-state index in [-0.39, 0.29) is 0 Å². The second-order valence-corrected chi connectivity index (χ2v) is 5.91. The Bertz CT molecular complexity index is 798. The fourth-order valence-electron chi connectivity index (χ4n) is 2.27. The van der Waals surface area contributed by atoms with E-state index < -0.39 is 0 Å². The highest BCUT2D eigenvalue weighted by molar-refractivity contribution is 7.13. The molecule has 0 unspecified atom stereocenters. The molecule has 102 valence electrons. The molecule has 0 atom stereocenters. The van der Waals surface area contributed by atoms with Crippen molar-refractivity contribution in [2.24, 2.45) is 0 Å². The van der Waals surface area contributed by atoms with E-state index in [1.54, 1.807) is 18.4 Å². The number of nitrogens with zero attached hydrogens (tertiary/aromatic N) is 2. The van der Waals surface area contributed by atoms with Crippen LogP contribution in [0.2, 0.25) is 5.15 Å². The maximum atomic E-state index is 6.33. The molecule has 0 aliphatic carbocycles. The average Bonchev–Trinajstić information content (AvgIpc) is 2.88. The number of fused-ring (bicyclic) bond motifs is 1. The lowest BCUT2D eigenvalue weighted by atomic mass is 10.1. The van der Waals surface area contributed by atoms with Crippen LogP contribution in [-0.4, -0.2) is 17.1 Å². The maximum Gasteiger partial charge on any atom is 0.175 e. The third-order valence-corrected chi connectivity index (χ3v) is 4.32. The number of ether oxygens (including phenoxy) is 1. The van der Waals surface area contributed by atoms with Crippen LogP contribution in [-0.2, 0) is 0 Å². The summed E-state index contributed by atoms with van der Waals surface area (Å²) in [6.45, 7) is 4.08. The molecule has 1 aromatic carbocycles. The molecule has 3 aromatic rings. The first-order valence-electron chi connectivity index (χ1n) is 6.16. The quantitative estimate of drug-likeness (QED) is 0.647. The van der Waals surface area contributed by atoms with Crippen molar-refractivity contribution in [1.82, 2.24) is 9.97 Å². The van der Waals surface area contributed by atoms with Crippen molar-refractivity contribution in [2.45, 2.75) is 13.8 Å². The first-order chi connectivity index (χ1) is 9.60. The largest absolute Gasteiger partial charge is 0.495 e. The molecule has 0 spiro atoms. The number of benzene rings is 1. The van der Waals surface area contributed by atoms with Gasteiger partial charge in [-0.2, -0.15) is 0 Å². The molecule has 0 saturated heterocycles. The molecular weight excluding hydrogens is 292 g/mol. The third kappa shape index (κ3) is 2.15. The Morgan fingerprint density at radius 2 is 2.00 bits per heavy atom. The van der Waals surface area contributed by atoms with Gasteiger partial charge >= 0.3 is 0 Å². The van der Waals surface area contributed by atoms with Gasteiger partial charge in [0.1, 0.15) is 15.8 Å². The summed E-state index contributed by atoms with van der Waals surface area (Å²) in [7, 11) is 1.64. The Labute approximate surface area is 126 Å². The van der Waals surface area contributed by atoms with Gasteiger partial charge in [-0.3, -0.25) is 0 Å². The van der Waals surface area contributed by atoms with Crippen LogP contribution in [0, 0.1) is 13.8 Å². The van der Waals surface area contributed by atoms with Gasteiger partial charge in [-0.15, -0.1) is 11.3 Å². The summed E-state index contributed by atoms with van der Waals surface area (Å²) >= 11 is 7.88. The number of aryl methyl sites for hydroxylation is 2. The molecule has 5 heteroatoms. The standard InChI is InChI=1S/C15H13ClN2OS/c1-8-6-9(2)12-10(7-8)14(16)18-15(17-12)13-11(19-3)4-5-20-13/h4-7H,1-3H3. The second kappa shape index (κ2) is 5.04. The van der Waals surface area contributed by atoms with Gasteiger partial charge in [0, 0.05) is 5.39 Å². The number of hydrogen-bond donors (Lipinski definition) is 0. The average molecular weight is 305 g/mol. The highest BCUT2D eigenvalue weighted by atomic mass is 35.5. The van der Waals surface area contributed by atoms with Gasteiger partial charge in [0.2, 0.25) is 0 Å². The summed E-state index contributed by atoms with van der Waals surface area (Å²) in [6, 6.07) is 6.02. The SMILES string of the molecule is COc1ccsc1-c1nc(Cl)c2cc(C)cc(C)c2n1. The number of halogens is 1. The maximum absolute atomic E-state index is 6.33. The zero-order valence-electron chi connectivity index (χ0n) is 11.4. The van der Waals surface area contributed by atoms with Gasteiger partial charge in [-0.1, -0.05) is 23.2 Å². The van der Waals surface area contributed by atoms with Crippen molar-refractivity contribution < 1.29 is 4.74 Å². The van der Waals surface area contributed by atoms with Gasteiger partial charge in [0.15, 0.2) is 5.82 Å². The van der Waals surface area contributed by atoms with E-state index in [1.807, 2.05) is 31.4 Å². The smallest absolute Gasteiger partial charge is 0.175 e. The normalized spacial score (nSPS) is 11.0. The first kappa shape index (κ1) is 13.3. The lowest BCUT2D eigenvalue weighted by molar-refractivity contribution is 0.418. The Morgan fingerprint density at radius 3 is 2.75 bits per heavy atom. The van der Waals surface area contributed by atoms with E-state index in [1.165, 1.54) is 0 Å². The molecule has 2 heterocycles. The molecule has 0 bridgehead atoms. The Kier molecular flexibility index (Phi) is 3.36. The van der Waals surface area contributed by atoms with E-state index in [0.29, 0.717) is 11.0 Å². The minimum absolute atomic E-state index is 0.479. The van der Waals surface area contributed by atoms with E-state index in [9.17, 15) is 0 Å². The third-order valence-electron chi connectivity index (χ3n) is 3.14. The van der Waals surface area contributed by atoms with Crippen LogP contribution in [0.1, 0.15) is 11.1 Å². The molecule has 0 radical (unpaired) electrons. The predicted octanol–water partition coefficient (Wildman–Crippen LogP) is 4.64. The Morgan fingerprint density at radius 1 is 1.20 bits per heavy atom. The molecule has 0 aliphatic rings. The van der Waals surface area contributed by atoms with E-state index in [4.69, 9.17) is 16.3 Å². The van der Waals surface area contributed by atoms with Crippen molar-refractivity contribution in [3.05, 3.63) is 39.9 Å². The van der Waals surface area contributed by atoms with Crippen LogP contribution in [0.5, 0.6) is 5.75 Å². The van der Waals surface area contributed by atoms with Gasteiger partial charge in [-0.25, -0.2) is 9.97 Å². The molecule has 0 saturated carbocycles. The van der Waals surface area contributed by atoms with Crippen molar-refractivity contribution in [1.29, 1.82) is 0 Å². The van der Waals surface area contributed by atoms with Crippen LogP contribution in [0.4, 0.5) is 0 Å². The predicted molar refractivity (Wildman–Crippen MR) is 83.9 cm³/mol. The molecule has 0 aliphatic heterocycles. The van der Waals surface area contributed by atoms with Gasteiger partial charge < -0.3 is 4.74 Å². The van der Waals surface area contributed by atoms with Crippen LogP contribution in [0.15, 0.2) is 23.6 Å². The summed E-state index contributed by atoms with van der Waals surface area (Å²) in [6.07, 6.45) is 0. The molecule has 3 rings (SSSR count). The molecule has 0 amide bonds. The van der Waals surface area contributed by atoms with Crippen LogP contribution >= 0.6 is 22.9 Å². The van der Waals surface area contributed by atoms with Gasteiger partial charge in [-0.05, 0) is 36.9 Å². The molecule has 20 heavy (non-hydrogen) atoms. The second-order valence-electron chi connectivity index (χ2n) is 4.63. The number of rotatable bonds is 2. The lowest BCUT2D eigenvalue weighted by Crippen LogP contribution is -1.94. The molecule has 2 aromatic heterocycles. The summed E-state index contributed by atoms with van der Waals surface area (Å²) in [5, 5.41) is 3.33. The van der Waals surface area contributed by atoms with Crippen molar-refractivity contribution in [3.8, 4) is 16.5 Å². The number of methoxy groups -OCH3 is 1. The molecule has 0 N–H and O–H groups in total. The molecular formula is C15H13ClN2OS. The molecule has 0 fully saturated rings. The van der Waals surface area contributed by atoms with Gasteiger partial charge in [0.25, 0.3) is 0 Å². The van der Waals surface area contributed by atoms with Crippen LogP contribution in [0.3, 0.4) is 0 Å². The number of hydrogen-bond acceptors (Lipinski definition) is 4. The number of aromatic nitrogens is 2. The fraction of sp³-hybridized carbons (Fsp3) is 0.200. The van der Waals surface area contributed by atoms with Crippen molar-refractivity contribution in [3.63, 3.8) is 0 Å². The highest BCUT2D eigenvalue weighted by Crippen LogP contribution is 2.35. The zero-order chi connectivity index (χ0) is 14.3. The lowest BCUT2D eigenvalue weighted by Gasteiger charge is -2.08. The Balaban J connectivity index is 2.30. The number of thiophene rings is 1. The monoisotopic (exact) mass is 304 g/mol. The summed E-state index contributed by atoms with van der Waals surface area (Å²) < 4.78 is 5.33. The zero-order valence-corrected chi connectivity index (χ0v) is 13.0. The summed E-state index contributed by atoms with van der Waals surface area (Å²) in [4.78, 5) is 9.98. The van der Waals surface area contributed by atoms with Crippen LogP contribution in [0.25, 0.3) is 21.6 Å². The summed E-state index contributed by atoms with van der Waals surface area (Å²) in [5.41, 5.74) is 3.14. The molecule has 3 nitrogen and oxygen atoms in total. The van der Waals surface area contributed by atoms with Crippen molar-refractivity contribution in [2.75, 3.05) is 7.11 Å². The highest BCUT2D eigenvalue weighted by Gasteiger charge is 2.14. The van der Waals surface area contributed by atoms with Gasteiger partial charge in [0.05, 0.1) is 12.6 Å². The minimum Gasteiger partial charge on any atom is -0.495 e. The van der Waals surface area contributed by atoms with Crippen molar-refractivity contribution >= 4 is 33.8 Å². The Hall–Kier alpha value is -1.65. The fourth-order valence-corrected chi connectivity index (χ4v) is 3.29. The topological polar surface area (TPSA) is 35.0 Å².